The van der Waals surface area contributed by atoms with Crippen LogP contribution < -0.4 is 0 Å². The quantitative estimate of drug-likeness (QED) is 0.855. The van der Waals surface area contributed by atoms with E-state index < -0.39 is 0 Å². The first-order valence-corrected chi connectivity index (χ1v) is 8.29. The fourth-order valence-corrected chi connectivity index (χ4v) is 4.07. The van der Waals surface area contributed by atoms with Gasteiger partial charge in [0.1, 0.15) is 0 Å². The Morgan fingerprint density at radius 2 is 2.45 bits per heavy atom. The number of aromatic nitrogens is 2. The van der Waals surface area contributed by atoms with Crippen molar-refractivity contribution in [2.75, 3.05) is 26.3 Å². The van der Waals surface area contributed by atoms with Crippen molar-refractivity contribution in [1.82, 2.24) is 15.1 Å². The lowest BCUT2D eigenvalue weighted by Crippen LogP contribution is -2.38. The molecular weight excluding hydrogens is 302 g/mol. The first-order chi connectivity index (χ1) is 10.7. The minimum atomic E-state index is -0.328. The highest BCUT2D eigenvalue weighted by molar-refractivity contribution is 7.07. The number of nitrogens with zero attached hydrogens (tertiary/aromatic N) is 3. The highest BCUT2D eigenvalue weighted by Crippen LogP contribution is 2.43. The Morgan fingerprint density at radius 3 is 3.18 bits per heavy atom. The highest BCUT2D eigenvalue weighted by Gasteiger charge is 2.56. The third-order valence-corrected chi connectivity index (χ3v) is 5.35. The first kappa shape index (κ1) is 13.9. The third-order valence-electron chi connectivity index (χ3n) is 4.61. The number of likely N-dealkylation sites (tertiary alicyclic amines) is 1. The van der Waals surface area contributed by atoms with Crippen molar-refractivity contribution < 1.29 is 13.9 Å². The molecule has 6 nitrogen and oxygen atoms in total. The zero-order valence-corrected chi connectivity index (χ0v) is 13.1. The van der Waals surface area contributed by atoms with Gasteiger partial charge in [0.2, 0.25) is 17.7 Å². The molecule has 4 heterocycles. The van der Waals surface area contributed by atoms with E-state index >= 15 is 0 Å². The molecule has 0 radical (unpaired) electrons. The molecule has 22 heavy (non-hydrogen) atoms. The van der Waals surface area contributed by atoms with Crippen LogP contribution in [-0.4, -0.2) is 47.3 Å². The van der Waals surface area contributed by atoms with E-state index in [-0.39, 0.29) is 17.2 Å². The van der Waals surface area contributed by atoms with E-state index in [1.165, 1.54) is 0 Å². The number of amides is 1. The lowest BCUT2D eigenvalue weighted by atomic mass is 9.81. The van der Waals surface area contributed by atoms with Crippen molar-refractivity contribution in [2.45, 2.75) is 18.8 Å². The molecule has 2 aromatic heterocycles. The first-order valence-electron chi connectivity index (χ1n) is 7.34. The van der Waals surface area contributed by atoms with Crippen molar-refractivity contribution in [3.8, 4) is 0 Å². The molecule has 0 N–H and O–H groups in total. The Balaban J connectivity index is 1.55. The van der Waals surface area contributed by atoms with Crippen molar-refractivity contribution in [1.29, 1.82) is 0 Å². The standard InChI is InChI=1S/C15H17N3O3S/c1-10-16-17-14(21-10)15-8-18(5-12(15)6-20-9-15)13(19)4-11-2-3-22-7-11/h2-3,7,12H,4-6,8-9H2,1H3/t12-,15-/m1/s1. The summed E-state index contributed by atoms with van der Waals surface area (Å²) in [5, 5.41) is 12.2. The topological polar surface area (TPSA) is 68.5 Å². The van der Waals surface area contributed by atoms with E-state index in [9.17, 15) is 4.79 Å². The number of carbonyl (C=O) groups is 1. The van der Waals surface area contributed by atoms with Gasteiger partial charge in [0.15, 0.2) is 0 Å². The molecule has 4 rings (SSSR count). The summed E-state index contributed by atoms with van der Waals surface area (Å²) in [6, 6.07) is 2.00. The molecule has 0 aliphatic carbocycles. The maximum Gasteiger partial charge on any atom is 0.227 e. The Labute approximate surface area is 132 Å². The molecule has 2 aromatic rings. The fourth-order valence-electron chi connectivity index (χ4n) is 3.41. The number of fused-ring (bicyclic) bond motifs is 1. The predicted octanol–water partition coefficient (Wildman–Crippen LogP) is 1.41. The van der Waals surface area contributed by atoms with Crippen LogP contribution in [0.15, 0.2) is 21.2 Å². The maximum atomic E-state index is 12.5. The molecule has 2 fully saturated rings. The molecule has 116 valence electrons. The number of ether oxygens (including phenoxy) is 1. The van der Waals surface area contributed by atoms with Gasteiger partial charge < -0.3 is 14.1 Å². The van der Waals surface area contributed by atoms with Crippen molar-refractivity contribution >= 4 is 17.2 Å². The van der Waals surface area contributed by atoms with Gasteiger partial charge in [-0.3, -0.25) is 4.79 Å². The summed E-state index contributed by atoms with van der Waals surface area (Å²) >= 11 is 1.62. The van der Waals surface area contributed by atoms with E-state index in [0.717, 1.165) is 5.56 Å². The summed E-state index contributed by atoms with van der Waals surface area (Å²) in [6.07, 6.45) is 0.454. The van der Waals surface area contributed by atoms with Gasteiger partial charge >= 0.3 is 0 Å². The number of aryl methyl sites for hydroxylation is 1. The number of hydrogen-bond acceptors (Lipinski definition) is 6. The maximum absolute atomic E-state index is 12.5. The van der Waals surface area contributed by atoms with Gasteiger partial charge in [0.05, 0.1) is 25.0 Å². The van der Waals surface area contributed by atoms with Crippen molar-refractivity contribution in [3.63, 3.8) is 0 Å². The Morgan fingerprint density at radius 1 is 1.55 bits per heavy atom. The summed E-state index contributed by atoms with van der Waals surface area (Å²) in [7, 11) is 0. The summed E-state index contributed by atoms with van der Waals surface area (Å²) in [6.45, 7) is 4.27. The minimum Gasteiger partial charge on any atom is -0.425 e. The molecule has 0 bridgehead atoms. The smallest absolute Gasteiger partial charge is 0.227 e. The summed E-state index contributed by atoms with van der Waals surface area (Å²) < 4.78 is 11.3. The second-order valence-electron chi connectivity index (χ2n) is 6.08. The van der Waals surface area contributed by atoms with Gasteiger partial charge in [-0.1, -0.05) is 0 Å². The van der Waals surface area contributed by atoms with Crippen LogP contribution in [0.4, 0.5) is 0 Å². The molecule has 2 atom stereocenters. The highest BCUT2D eigenvalue weighted by atomic mass is 32.1. The van der Waals surface area contributed by atoms with Crippen LogP contribution in [0, 0.1) is 12.8 Å². The van der Waals surface area contributed by atoms with Gasteiger partial charge in [-0.2, -0.15) is 11.3 Å². The normalized spacial score (nSPS) is 27.3. The van der Waals surface area contributed by atoms with Gasteiger partial charge in [-0.05, 0) is 22.4 Å². The molecule has 2 saturated heterocycles. The van der Waals surface area contributed by atoms with E-state index in [4.69, 9.17) is 9.15 Å². The molecule has 0 unspecified atom stereocenters. The van der Waals surface area contributed by atoms with Crippen LogP contribution in [0.3, 0.4) is 0 Å². The third kappa shape index (κ3) is 2.16. The van der Waals surface area contributed by atoms with Gasteiger partial charge in [0, 0.05) is 25.9 Å². The van der Waals surface area contributed by atoms with E-state index in [0.29, 0.717) is 44.5 Å². The second-order valence-corrected chi connectivity index (χ2v) is 6.86. The predicted molar refractivity (Wildman–Crippen MR) is 79.6 cm³/mol. The Hall–Kier alpha value is -1.73. The lowest BCUT2D eigenvalue weighted by Gasteiger charge is -2.22. The zero-order chi connectivity index (χ0) is 15.2. The molecule has 1 amide bonds. The number of hydrogen-bond donors (Lipinski definition) is 0. The number of rotatable bonds is 3. The molecule has 7 heteroatoms. The molecule has 0 spiro atoms. The summed E-state index contributed by atoms with van der Waals surface area (Å²) in [5.74, 6) is 1.55. The van der Waals surface area contributed by atoms with Crippen LogP contribution in [0.5, 0.6) is 0 Å². The molecule has 2 aliphatic rings. The fraction of sp³-hybridized carbons (Fsp3) is 0.533. The minimum absolute atomic E-state index is 0.156. The zero-order valence-electron chi connectivity index (χ0n) is 12.3. The van der Waals surface area contributed by atoms with Crippen LogP contribution >= 0.6 is 11.3 Å². The number of carbonyl (C=O) groups excluding carboxylic acids is 1. The lowest BCUT2D eigenvalue weighted by molar-refractivity contribution is -0.130. The molecular formula is C15H17N3O3S. The average Bonchev–Trinajstić information content (AvgIpc) is 3.19. The van der Waals surface area contributed by atoms with E-state index in [1.807, 2.05) is 21.7 Å². The molecule has 0 saturated carbocycles. The van der Waals surface area contributed by atoms with Crippen LogP contribution in [0.1, 0.15) is 17.3 Å². The van der Waals surface area contributed by atoms with Gasteiger partial charge in [-0.15, -0.1) is 10.2 Å². The van der Waals surface area contributed by atoms with E-state index in [2.05, 4.69) is 10.2 Å². The van der Waals surface area contributed by atoms with Crippen molar-refractivity contribution in [2.24, 2.45) is 5.92 Å². The van der Waals surface area contributed by atoms with Crippen molar-refractivity contribution in [3.05, 3.63) is 34.2 Å². The monoisotopic (exact) mass is 319 g/mol. The van der Waals surface area contributed by atoms with Crippen LogP contribution in [0.2, 0.25) is 0 Å². The SMILES string of the molecule is Cc1nnc([C@]23COC[C@H]2CN(C(=O)Cc2ccsc2)C3)o1. The number of thiophene rings is 1. The summed E-state index contributed by atoms with van der Waals surface area (Å²) in [4.78, 5) is 14.5. The second kappa shape index (κ2) is 5.17. The average molecular weight is 319 g/mol. The van der Waals surface area contributed by atoms with Crippen LogP contribution in [-0.2, 0) is 21.4 Å². The Bertz CT molecular complexity index is 684. The van der Waals surface area contributed by atoms with Gasteiger partial charge in [0.25, 0.3) is 0 Å². The summed E-state index contributed by atoms with van der Waals surface area (Å²) in [5.41, 5.74) is 0.747. The van der Waals surface area contributed by atoms with Gasteiger partial charge in [-0.25, -0.2) is 0 Å². The molecule has 0 aromatic carbocycles. The largest absolute Gasteiger partial charge is 0.425 e. The van der Waals surface area contributed by atoms with E-state index in [1.54, 1.807) is 18.3 Å². The Kier molecular flexibility index (Phi) is 3.27. The molecule has 2 aliphatic heterocycles. The van der Waals surface area contributed by atoms with Crippen LogP contribution in [0.25, 0.3) is 0 Å².